The van der Waals surface area contributed by atoms with Crippen molar-refractivity contribution in [2.75, 3.05) is 32.8 Å². The molecule has 3 heteroatoms. The molecule has 0 aromatic carbocycles. The van der Waals surface area contributed by atoms with Crippen LogP contribution in [0.5, 0.6) is 0 Å². The van der Waals surface area contributed by atoms with Crippen molar-refractivity contribution in [1.82, 2.24) is 9.80 Å². The number of hydrogen-bond donors (Lipinski definition) is 1. The number of nitrogens with zero attached hydrogens (tertiary/aromatic N) is 2. The van der Waals surface area contributed by atoms with Crippen molar-refractivity contribution in [3.05, 3.63) is 0 Å². The van der Waals surface area contributed by atoms with Crippen molar-refractivity contribution in [3.63, 3.8) is 0 Å². The molecule has 20 heavy (non-hydrogen) atoms. The van der Waals surface area contributed by atoms with Gasteiger partial charge in [0, 0.05) is 6.61 Å². The molecule has 0 spiro atoms. The Morgan fingerprint density at radius 1 is 1.00 bits per heavy atom. The second kappa shape index (κ2) is 9.01. The van der Waals surface area contributed by atoms with Gasteiger partial charge in [-0.05, 0) is 70.6 Å². The highest BCUT2D eigenvalue weighted by Gasteiger charge is 2.29. The first kappa shape index (κ1) is 16.3. The lowest BCUT2D eigenvalue weighted by Gasteiger charge is -2.44. The van der Waals surface area contributed by atoms with E-state index >= 15 is 0 Å². The van der Waals surface area contributed by atoms with Crippen LogP contribution >= 0.6 is 0 Å². The van der Waals surface area contributed by atoms with E-state index in [-0.39, 0.29) is 0 Å². The molecule has 0 bridgehead atoms. The average molecular weight is 282 g/mol. The average Bonchev–Trinajstić information content (AvgIpc) is 2.51. The number of unbranched alkanes of at least 4 members (excludes halogenated alkanes) is 1. The number of aliphatic hydroxyl groups excluding tert-OH is 1. The van der Waals surface area contributed by atoms with E-state index in [0.29, 0.717) is 12.8 Å². The maximum Gasteiger partial charge on any atom is 0.0622 e. The van der Waals surface area contributed by atoms with Gasteiger partial charge in [-0.3, -0.25) is 9.80 Å². The standard InChI is InChI=1S/C17H34N2O/c1-2-3-7-17(18-11-5-4-6-12-18)19-13-8-16(9-14-19)10-15-20/h16-17,20H,2-15H2,1H3. The quantitative estimate of drug-likeness (QED) is 0.777. The summed E-state index contributed by atoms with van der Waals surface area (Å²) >= 11 is 0. The van der Waals surface area contributed by atoms with Crippen LogP contribution in [0.3, 0.4) is 0 Å². The molecule has 0 saturated carbocycles. The van der Waals surface area contributed by atoms with Gasteiger partial charge in [0.2, 0.25) is 0 Å². The fourth-order valence-electron chi connectivity index (χ4n) is 3.92. The zero-order valence-electron chi connectivity index (χ0n) is 13.4. The Kier molecular flexibility index (Phi) is 7.32. The molecule has 118 valence electrons. The summed E-state index contributed by atoms with van der Waals surface area (Å²) in [5.41, 5.74) is 0. The van der Waals surface area contributed by atoms with Gasteiger partial charge in [-0.2, -0.15) is 0 Å². The molecule has 2 saturated heterocycles. The SMILES string of the molecule is CCCCC(N1CCCCC1)N1CCC(CCO)CC1. The third-order valence-electron chi connectivity index (χ3n) is 5.24. The number of hydrogen-bond acceptors (Lipinski definition) is 3. The molecule has 2 aliphatic rings. The molecule has 0 aromatic heterocycles. The van der Waals surface area contributed by atoms with Crippen molar-refractivity contribution in [1.29, 1.82) is 0 Å². The smallest absolute Gasteiger partial charge is 0.0622 e. The fourth-order valence-corrected chi connectivity index (χ4v) is 3.92. The monoisotopic (exact) mass is 282 g/mol. The Balaban J connectivity index is 1.86. The zero-order chi connectivity index (χ0) is 14.2. The molecule has 3 nitrogen and oxygen atoms in total. The summed E-state index contributed by atoms with van der Waals surface area (Å²) in [7, 11) is 0. The topological polar surface area (TPSA) is 26.7 Å². The molecule has 2 rings (SSSR count). The largest absolute Gasteiger partial charge is 0.396 e. The van der Waals surface area contributed by atoms with E-state index in [9.17, 15) is 0 Å². The van der Waals surface area contributed by atoms with E-state index in [0.717, 1.165) is 12.3 Å². The lowest BCUT2D eigenvalue weighted by molar-refractivity contribution is -0.000318. The van der Waals surface area contributed by atoms with Gasteiger partial charge in [-0.1, -0.05) is 26.2 Å². The summed E-state index contributed by atoms with van der Waals surface area (Å²) in [5.74, 6) is 0.768. The summed E-state index contributed by atoms with van der Waals surface area (Å²) in [6, 6.07) is 0. The van der Waals surface area contributed by atoms with Gasteiger partial charge in [-0.15, -0.1) is 0 Å². The van der Waals surface area contributed by atoms with Crippen LogP contribution in [0, 0.1) is 5.92 Å². The third-order valence-corrected chi connectivity index (χ3v) is 5.24. The summed E-state index contributed by atoms with van der Waals surface area (Å²) in [6.07, 6.45) is 12.5. The minimum Gasteiger partial charge on any atom is -0.396 e. The number of piperidine rings is 2. The minimum absolute atomic E-state index is 0.371. The normalized spacial score (nSPS) is 24.9. The first-order valence-corrected chi connectivity index (χ1v) is 8.94. The van der Waals surface area contributed by atoms with Crippen molar-refractivity contribution >= 4 is 0 Å². The van der Waals surface area contributed by atoms with Crippen LogP contribution in [0.1, 0.15) is 64.7 Å². The van der Waals surface area contributed by atoms with Gasteiger partial charge in [0.05, 0.1) is 6.17 Å². The van der Waals surface area contributed by atoms with Crippen LogP contribution in [0.15, 0.2) is 0 Å². The maximum atomic E-state index is 9.09. The zero-order valence-corrected chi connectivity index (χ0v) is 13.4. The lowest BCUT2D eigenvalue weighted by Crippen LogP contribution is -2.52. The Bertz CT molecular complexity index is 245. The minimum atomic E-state index is 0.371. The molecule has 1 atom stereocenters. The van der Waals surface area contributed by atoms with Gasteiger partial charge in [0.15, 0.2) is 0 Å². The summed E-state index contributed by atoms with van der Waals surface area (Å²) in [6.45, 7) is 7.79. The molecular formula is C17H34N2O. The first-order valence-electron chi connectivity index (χ1n) is 8.94. The molecule has 0 aliphatic carbocycles. The second-order valence-electron chi connectivity index (χ2n) is 6.71. The number of likely N-dealkylation sites (tertiary alicyclic amines) is 2. The molecule has 0 radical (unpaired) electrons. The number of aliphatic hydroxyl groups is 1. The van der Waals surface area contributed by atoms with E-state index in [1.807, 2.05) is 0 Å². The highest BCUT2D eigenvalue weighted by atomic mass is 16.3. The van der Waals surface area contributed by atoms with Crippen LogP contribution in [-0.4, -0.2) is 53.9 Å². The van der Waals surface area contributed by atoms with Crippen molar-refractivity contribution in [2.24, 2.45) is 5.92 Å². The first-order chi connectivity index (χ1) is 9.85. The van der Waals surface area contributed by atoms with E-state index in [1.165, 1.54) is 77.5 Å². The van der Waals surface area contributed by atoms with Crippen LogP contribution in [0.4, 0.5) is 0 Å². The highest BCUT2D eigenvalue weighted by Crippen LogP contribution is 2.26. The molecule has 1 N–H and O–H groups in total. The van der Waals surface area contributed by atoms with Crippen LogP contribution in [-0.2, 0) is 0 Å². The predicted molar refractivity (Wildman–Crippen MR) is 84.7 cm³/mol. The van der Waals surface area contributed by atoms with E-state index in [2.05, 4.69) is 16.7 Å². The molecule has 0 amide bonds. The summed E-state index contributed by atoms with van der Waals surface area (Å²) in [5, 5.41) is 9.09. The van der Waals surface area contributed by atoms with E-state index in [4.69, 9.17) is 5.11 Å². The van der Waals surface area contributed by atoms with Crippen molar-refractivity contribution in [2.45, 2.75) is 70.9 Å². The Morgan fingerprint density at radius 3 is 2.25 bits per heavy atom. The Hall–Kier alpha value is -0.120. The third kappa shape index (κ3) is 4.71. The second-order valence-corrected chi connectivity index (χ2v) is 6.71. The van der Waals surface area contributed by atoms with E-state index in [1.54, 1.807) is 0 Å². The van der Waals surface area contributed by atoms with Crippen LogP contribution in [0.2, 0.25) is 0 Å². The Labute approximate surface area is 125 Å². The molecule has 2 fully saturated rings. The van der Waals surface area contributed by atoms with Crippen LogP contribution in [0.25, 0.3) is 0 Å². The van der Waals surface area contributed by atoms with Gasteiger partial charge < -0.3 is 5.11 Å². The van der Waals surface area contributed by atoms with Gasteiger partial charge in [0.1, 0.15) is 0 Å². The van der Waals surface area contributed by atoms with Gasteiger partial charge in [0.25, 0.3) is 0 Å². The molecule has 2 heterocycles. The summed E-state index contributed by atoms with van der Waals surface area (Å²) < 4.78 is 0. The van der Waals surface area contributed by atoms with Crippen molar-refractivity contribution < 1.29 is 5.11 Å². The highest BCUT2D eigenvalue weighted by molar-refractivity contribution is 4.81. The fraction of sp³-hybridized carbons (Fsp3) is 1.00. The Morgan fingerprint density at radius 2 is 1.65 bits per heavy atom. The maximum absolute atomic E-state index is 9.09. The molecule has 1 unspecified atom stereocenters. The van der Waals surface area contributed by atoms with Crippen molar-refractivity contribution in [3.8, 4) is 0 Å². The van der Waals surface area contributed by atoms with Gasteiger partial charge >= 0.3 is 0 Å². The van der Waals surface area contributed by atoms with Gasteiger partial charge in [-0.25, -0.2) is 0 Å². The molecule has 0 aromatic rings. The van der Waals surface area contributed by atoms with Crippen LogP contribution < -0.4 is 0 Å². The molecule has 2 aliphatic heterocycles. The summed E-state index contributed by atoms with van der Waals surface area (Å²) in [4.78, 5) is 5.50. The predicted octanol–water partition coefficient (Wildman–Crippen LogP) is 3.08. The van der Waals surface area contributed by atoms with E-state index < -0.39 is 0 Å². The molecular weight excluding hydrogens is 248 g/mol. The lowest BCUT2D eigenvalue weighted by atomic mass is 9.93. The number of rotatable bonds is 7.